The second kappa shape index (κ2) is 9.97. The third-order valence-corrected chi connectivity index (χ3v) is 5.89. The van der Waals surface area contributed by atoms with Gasteiger partial charge >= 0.3 is 0 Å². The van der Waals surface area contributed by atoms with Crippen LogP contribution in [-0.2, 0) is 26.0 Å². The smallest absolute Gasteiger partial charge is 0.262 e. The monoisotopic (exact) mass is 453 g/mol. The molecule has 0 fully saturated rings. The average Bonchev–Trinajstić information content (AvgIpc) is 2.75. The van der Waals surface area contributed by atoms with Crippen LogP contribution in [0.4, 0.5) is 11.4 Å². The highest BCUT2D eigenvalue weighted by molar-refractivity contribution is 7.92. The van der Waals surface area contributed by atoms with E-state index in [2.05, 4.69) is 10.0 Å². The van der Waals surface area contributed by atoms with Gasteiger partial charge < -0.3 is 15.8 Å². The Bertz CT molecular complexity index is 1210. The zero-order chi connectivity index (χ0) is 23.1. The Morgan fingerprint density at radius 2 is 1.59 bits per heavy atom. The number of ether oxygens (including phenoxy) is 1. The largest absolute Gasteiger partial charge is 0.484 e. The van der Waals surface area contributed by atoms with Crippen molar-refractivity contribution < 1.29 is 22.7 Å². The van der Waals surface area contributed by atoms with E-state index < -0.39 is 15.9 Å². The molecule has 2 amide bonds. The van der Waals surface area contributed by atoms with Crippen LogP contribution in [0.25, 0.3) is 0 Å². The van der Waals surface area contributed by atoms with Crippen molar-refractivity contribution in [1.82, 2.24) is 0 Å². The zero-order valence-corrected chi connectivity index (χ0v) is 18.2. The van der Waals surface area contributed by atoms with Gasteiger partial charge in [-0.3, -0.25) is 14.3 Å². The molecule has 0 aromatic heterocycles. The molecule has 32 heavy (non-hydrogen) atoms. The lowest BCUT2D eigenvalue weighted by Gasteiger charge is -2.11. The Hall–Kier alpha value is -3.85. The van der Waals surface area contributed by atoms with Crippen molar-refractivity contribution in [3.63, 3.8) is 0 Å². The third-order valence-electron chi connectivity index (χ3n) is 4.51. The highest BCUT2D eigenvalue weighted by atomic mass is 32.2. The second-order valence-corrected chi connectivity index (χ2v) is 8.75. The second-order valence-electron chi connectivity index (χ2n) is 7.07. The number of benzene rings is 3. The number of carbonyl (C=O) groups excluding carboxylic acids is 2. The van der Waals surface area contributed by atoms with Crippen LogP contribution in [0.2, 0.25) is 0 Å². The van der Waals surface area contributed by atoms with Crippen molar-refractivity contribution in [1.29, 1.82) is 0 Å². The van der Waals surface area contributed by atoms with Crippen molar-refractivity contribution in [3.05, 3.63) is 83.9 Å². The molecule has 9 heteroatoms. The molecular formula is C23H23N3O5S. The minimum Gasteiger partial charge on any atom is -0.484 e. The number of nitrogens with two attached hydrogens (primary N) is 1. The lowest BCUT2D eigenvalue weighted by atomic mass is 10.1. The normalized spacial score (nSPS) is 10.9. The summed E-state index contributed by atoms with van der Waals surface area (Å²) in [5.41, 5.74) is 7.77. The summed E-state index contributed by atoms with van der Waals surface area (Å²) in [4.78, 5) is 23.1. The summed E-state index contributed by atoms with van der Waals surface area (Å²) >= 11 is 0. The number of primary amides is 1. The summed E-state index contributed by atoms with van der Waals surface area (Å²) in [7, 11) is -3.75. The minimum absolute atomic E-state index is 0.0774. The molecule has 0 saturated heterocycles. The molecule has 0 heterocycles. The molecule has 3 rings (SSSR count). The fraction of sp³-hybridized carbons (Fsp3) is 0.130. The summed E-state index contributed by atoms with van der Waals surface area (Å²) < 4.78 is 33.1. The van der Waals surface area contributed by atoms with Crippen molar-refractivity contribution in [2.24, 2.45) is 5.73 Å². The first-order chi connectivity index (χ1) is 15.2. The van der Waals surface area contributed by atoms with E-state index in [0.717, 1.165) is 11.1 Å². The number of aryl methyl sites for hydroxylation is 1. The fourth-order valence-electron chi connectivity index (χ4n) is 2.86. The summed E-state index contributed by atoms with van der Waals surface area (Å²) in [5, 5.41) is 2.67. The van der Waals surface area contributed by atoms with Crippen LogP contribution in [0.1, 0.15) is 11.1 Å². The van der Waals surface area contributed by atoms with Gasteiger partial charge in [0, 0.05) is 5.69 Å². The maximum Gasteiger partial charge on any atom is 0.262 e. The first kappa shape index (κ1) is 22.8. The van der Waals surface area contributed by atoms with Gasteiger partial charge in [0.15, 0.2) is 6.61 Å². The van der Waals surface area contributed by atoms with Crippen LogP contribution < -0.4 is 20.5 Å². The molecule has 8 nitrogen and oxygen atoms in total. The third kappa shape index (κ3) is 6.32. The lowest BCUT2D eigenvalue weighted by molar-refractivity contribution is -0.118. The Labute approximate surface area is 186 Å². The van der Waals surface area contributed by atoms with E-state index in [1.807, 2.05) is 19.1 Å². The van der Waals surface area contributed by atoms with E-state index in [1.165, 1.54) is 24.3 Å². The summed E-state index contributed by atoms with van der Waals surface area (Å²) in [6.07, 6.45) is 0.129. The zero-order valence-electron chi connectivity index (χ0n) is 17.4. The summed E-state index contributed by atoms with van der Waals surface area (Å²) in [6.45, 7) is 1.56. The van der Waals surface area contributed by atoms with E-state index in [4.69, 9.17) is 10.5 Å². The molecule has 0 saturated carbocycles. The molecule has 0 aliphatic heterocycles. The number of sulfonamides is 1. The SMILES string of the molecule is Cc1ccccc1NS(=O)(=O)c1ccc(OCC(=O)Nc2ccc(CC(N)=O)cc2)cc1. The molecule has 0 aliphatic carbocycles. The molecule has 0 spiro atoms. The van der Waals surface area contributed by atoms with Gasteiger partial charge in [-0.15, -0.1) is 0 Å². The van der Waals surface area contributed by atoms with Gasteiger partial charge in [0.25, 0.3) is 15.9 Å². The van der Waals surface area contributed by atoms with Crippen LogP contribution in [0.3, 0.4) is 0 Å². The van der Waals surface area contributed by atoms with Crippen LogP contribution in [-0.4, -0.2) is 26.8 Å². The topological polar surface area (TPSA) is 128 Å². The standard InChI is InChI=1S/C23H23N3O5S/c1-16-4-2-3-5-21(16)26-32(29,30)20-12-10-19(11-13-20)31-15-23(28)25-18-8-6-17(7-9-18)14-22(24)27/h2-13,26H,14-15H2,1H3,(H2,24,27)(H,25,28). The lowest BCUT2D eigenvalue weighted by Crippen LogP contribution is -2.20. The van der Waals surface area contributed by atoms with Gasteiger partial charge in [0.05, 0.1) is 17.0 Å². The van der Waals surface area contributed by atoms with E-state index >= 15 is 0 Å². The molecule has 0 unspecified atom stereocenters. The van der Waals surface area contributed by atoms with E-state index in [-0.39, 0.29) is 23.8 Å². The predicted molar refractivity (Wildman–Crippen MR) is 122 cm³/mol. The number of carbonyl (C=O) groups is 2. The average molecular weight is 454 g/mol. The van der Waals surface area contributed by atoms with Crippen LogP contribution in [0.5, 0.6) is 5.75 Å². The van der Waals surface area contributed by atoms with Crippen molar-refractivity contribution >= 4 is 33.2 Å². The molecule has 0 atom stereocenters. The number of nitrogens with one attached hydrogen (secondary N) is 2. The number of anilines is 2. The minimum atomic E-state index is -3.75. The van der Waals surface area contributed by atoms with Crippen molar-refractivity contribution in [2.45, 2.75) is 18.2 Å². The molecule has 3 aromatic rings. The maximum atomic E-state index is 12.6. The molecule has 166 valence electrons. The van der Waals surface area contributed by atoms with Crippen LogP contribution >= 0.6 is 0 Å². The fourth-order valence-corrected chi connectivity index (χ4v) is 3.99. The molecular weight excluding hydrogens is 430 g/mol. The van der Waals surface area contributed by atoms with E-state index in [1.54, 1.807) is 36.4 Å². The van der Waals surface area contributed by atoms with Gasteiger partial charge in [0.2, 0.25) is 5.91 Å². The number of para-hydroxylation sites is 1. The summed E-state index contributed by atoms with van der Waals surface area (Å²) in [5.74, 6) is -0.461. The first-order valence-corrected chi connectivity index (χ1v) is 11.2. The summed E-state index contributed by atoms with van der Waals surface area (Å²) in [6, 6.07) is 19.6. The van der Waals surface area contributed by atoms with E-state index in [0.29, 0.717) is 17.1 Å². The Kier molecular flexibility index (Phi) is 7.11. The maximum absolute atomic E-state index is 12.6. The van der Waals surface area contributed by atoms with Gasteiger partial charge in [-0.05, 0) is 60.5 Å². The van der Waals surface area contributed by atoms with E-state index in [9.17, 15) is 18.0 Å². The van der Waals surface area contributed by atoms with Gasteiger partial charge in [-0.1, -0.05) is 30.3 Å². The number of rotatable bonds is 9. The van der Waals surface area contributed by atoms with Crippen LogP contribution in [0.15, 0.2) is 77.7 Å². The van der Waals surface area contributed by atoms with Crippen LogP contribution in [0, 0.1) is 6.92 Å². The Balaban J connectivity index is 1.54. The van der Waals surface area contributed by atoms with Crippen molar-refractivity contribution in [3.8, 4) is 5.75 Å². The van der Waals surface area contributed by atoms with Gasteiger partial charge in [-0.25, -0.2) is 8.42 Å². The number of hydrogen-bond donors (Lipinski definition) is 3. The molecule has 0 aliphatic rings. The first-order valence-electron chi connectivity index (χ1n) is 9.71. The van der Waals surface area contributed by atoms with Crippen molar-refractivity contribution in [2.75, 3.05) is 16.6 Å². The predicted octanol–water partition coefficient (Wildman–Crippen LogP) is 2.84. The highest BCUT2D eigenvalue weighted by Gasteiger charge is 2.15. The molecule has 4 N–H and O–H groups in total. The molecule has 0 radical (unpaired) electrons. The van der Waals surface area contributed by atoms with Gasteiger partial charge in [-0.2, -0.15) is 0 Å². The Morgan fingerprint density at radius 1 is 0.938 bits per heavy atom. The molecule has 0 bridgehead atoms. The highest BCUT2D eigenvalue weighted by Crippen LogP contribution is 2.21. The molecule has 3 aromatic carbocycles. The number of amides is 2. The Morgan fingerprint density at radius 3 is 2.22 bits per heavy atom. The number of hydrogen-bond acceptors (Lipinski definition) is 5. The van der Waals surface area contributed by atoms with Gasteiger partial charge in [0.1, 0.15) is 5.75 Å². The quantitative estimate of drug-likeness (QED) is 0.459.